The number of piperazine rings is 1. The van der Waals surface area contributed by atoms with E-state index < -0.39 is 10.0 Å². The molecule has 0 unspecified atom stereocenters. The van der Waals surface area contributed by atoms with Crippen LogP contribution in [-0.4, -0.2) is 82.5 Å². The van der Waals surface area contributed by atoms with Gasteiger partial charge in [-0.15, -0.1) is 0 Å². The van der Waals surface area contributed by atoms with Crippen LogP contribution in [-0.2, 0) is 10.0 Å². The number of fused-ring (bicyclic) bond motifs is 1. The third kappa shape index (κ3) is 5.14. The van der Waals surface area contributed by atoms with Gasteiger partial charge in [0.05, 0.1) is 23.8 Å². The Hall–Kier alpha value is -2.89. The van der Waals surface area contributed by atoms with E-state index in [4.69, 9.17) is 14.5 Å². The molecule has 0 atom stereocenters. The molecule has 1 amide bonds. The number of sulfonamides is 1. The number of amides is 1. The van der Waals surface area contributed by atoms with Crippen LogP contribution in [0.2, 0.25) is 0 Å². The lowest BCUT2D eigenvalue weighted by molar-refractivity contribution is 0.0746. The first-order valence-corrected chi connectivity index (χ1v) is 14.2. The van der Waals surface area contributed by atoms with E-state index in [-0.39, 0.29) is 10.8 Å². The van der Waals surface area contributed by atoms with Gasteiger partial charge in [-0.05, 0) is 42.8 Å². The molecule has 1 aliphatic heterocycles. The highest BCUT2D eigenvalue weighted by molar-refractivity contribution is 7.89. The molecule has 0 spiro atoms. The van der Waals surface area contributed by atoms with Gasteiger partial charge in [0.15, 0.2) is 16.6 Å². The second kappa shape index (κ2) is 11.0. The third-order valence-electron chi connectivity index (χ3n) is 6.36. The molecular formula is C25H32N4O5S2. The van der Waals surface area contributed by atoms with E-state index >= 15 is 0 Å². The topological polar surface area (TPSA) is 92.3 Å². The Kier molecular flexibility index (Phi) is 8.01. The maximum Gasteiger partial charge on any atom is 0.253 e. The Morgan fingerprint density at radius 1 is 1.06 bits per heavy atom. The van der Waals surface area contributed by atoms with Crippen LogP contribution in [0.25, 0.3) is 10.2 Å². The van der Waals surface area contributed by atoms with E-state index in [9.17, 15) is 13.2 Å². The molecule has 2 aromatic carbocycles. The number of rotatable bonds is 9. The normalized spacial score (nSPS) is 14.5. The fourth-order valence-corrected chi connectivity index (χ4v) is 6.39. The monoisotopic (exact) mass is 532 g/mol. The van der Waals surface area contributed by atoms with Gasteiger partial charge in [-0.3, -0.25) is 4.79 Å². The number of carbonyl (C=O) groups excluding carboxylic acids is 1. The summed E-state index contributed by atoms with van der Waals surface area (Å²) in [5.41, 5.74) is 1.25. The number of hydrogen-bond acceptors (Lipinski definition) is 8. The molecule has 1 aromatic heterocycles. The van der Waals surface area contributed by atoms with Gasteiger partial charge in [0.25, 0.3) is 5.91 Å². The number of thiazole rings is 1. The summed E-state index contributed by atoms with van der Waals surface area (Å²) in [7, 11) is 1.23. The van der Waals surface area contributed by atoms with Crippen LogP contribution in [0.5, 0.6) is 11.5 Å². The molecule has 2 heterocycles. The summed E-state index contributed by atoms with van der Waals surface area (Å²) in [5.74, 6) is 1.16. The molecule has 0 bridgehead atoms. The van der Waals surface area contributed by atoms with Crippen molar-refractivity contribution in [2.75, 3.05) is 58.9 Å². The highest BCUT2D eigenvalue weighted by atomic mass is 32.2. The van der Waals surface area contributed by atoms with Gasteiger partial charge in [0, 0.05) is 45.3 Å². The smallest absolute Gasteiger partial charge is 0.253 e. The van der Waals surface area contributed by atoms with Gasteiger partial charge in [0.2, 0.25) is 10.0 Å². The summed E-state index contributed by atoms with van der Waals surface area (Å²) in [4.78, 5) is 22.0. The number of carbonyl (C=O) groups is 1. The highest BCUT2D eigenvalue weighted by Gasteiger charge is 2.26. The lowest BCUT2D eigenvalue weighted by atomic mass is 10.2. The van der Waals surface area contributed by atoms with Gasteiger partial charge in [-0.25, -0.2) is 17.7 Å². The van der Waals surface area contributed by atoms with Gasteiger partial charge in [0.1, 0.15) is 5.52 Å². The molecule has 0 radical (unpaired) electrons. The first-order valence-electron chi connectivity index (χ1n) is 11.9. The maximum absolute atomic E-state index is 13.1. The Morgan fingerprint density at radius 2 is 1.75 bits per heavy atom. The highest BCUT2D eigenvalue weighted by Crippen LogP contribution is 2.40. The number of aromatic nitrogens is 1. The summed E-state index contributed by atoms with van der Waals surface area (Å²) in [6.07, 6.45) is 1.72. The van der Waals surface area contributed by atoms with Crippen molar-refractivity contribution < 1.29 is 22.7 Å². The molecule has 1 saturated heterocycles. The first-order chi connectivity index (χ1) is 17.3. The van der Waals surface area contributed by atoms with Gasteiger partial charge >= 0.3 is 0 Å². The lowest BCUT2D eigenvalue weighted by Gasteiger charge is -2.34. The minimum absolute atomic E-state index is 0.103. The Balaban J connectivity index is 1.41. The van der Waals surface area contributed by atoms with Crippen molar-refractivity contribution in [1.29, 1.82) is 0 Å². The molecule has 1 aliphatic rings. The average molecular weight is 533 g/mol. The van der Waals surface area contributed by atoms with Crippen molar-refractivity contribution in [2.45, 2.75) is 24.7 Å². The molecule has 0 N–H and O–H groups in total. The average Bonchev–Trinajstić information content (AvgIpc) is 3.35. The summed E-state index contributed by atoms with van der Waals surface area (Å²) in [6, 6.07) is 10.1. The Bertz CT molecular complexity index is 1320. The van der Waals surface area contributed by atoms with Crippen molar-refractivity contribution in [3.05, 3.63) is 42.0 Å². The number of nitrogens with zero attached hydrogens (tertiary/aromatic N) is 4. The third-order valence-corrected chi connectivity index (χ3v) is 9.32. The van der Waals surface area contributed by atoms with Crippen molar-refractivity contribution in [1.82, 2.24) is 14.2 Å². The number of hydrogen-bond donors (Lipinski definition) is 0. The largest absolute Gasteiger partial charge is 0.493 e. The quantitative estimate of drug-likeness (QED) is 0.415. The molecule has 36 heavy (non-hydrogen) atoms. The standard InChI is InChI=1S/C25H32N4O5S2/c1-5-6-13-27(2)36(31,32)19-9-7-18(8-10-19)24(30)28-14-16-29(17-15-28)25-26-22-21(35-25)12-11-20(33-3)23(22)34-4/h7-12H,5-6,13-17H2,1-4H3. The molecule has 1 fully saturated rings. The zero-order valence-electron chi connectivity index (χ0n) is 21.1. The molecule has 4 rings (SSSR count). The zero-order chi connectivity index (χ0) is 25.9. The van der Waals surface area contributed by atoms with Crippen LogP contribution in [0.1, 0.15) is 30.1 Å². The van der Waals surface area contributed by atoms with E-state index in [2.05, 4.69) is 4.90 Å². The van der Waals surface area contributed by atoms with Gasteiger partial charge in [-0.2, -0.15) is 0 Å². The van der Waals surface area contributed by atoms with Crippen LogP contribution in [0, 0.1) is 0 Å². The van der Waals surface area contributed by atoms with E-state index in [1.165, 1.54) is 16.4 Å². The Morgan fingerprint density at radius 3 is 2.36 bits per heavy atom. The van der Waals surface area contributed by atoms with Crippen molar-refractivity contribution in [3.63, 3.8) is 0 Å². The second-order valence-corrected chi connectivity index (χ2v) is 11.7. The lowest BCUT2D eigenvalue weighted by Crippen LogP contribution is -2.48. The minimum atomic E-state index is -3.56. The van der Waals surface area contributed by atoms with Crippen molar-refractivity contribution in [3.8, 4) is 11.5 Å². The van der Waals surface area contributed by atoms with Crippen LogP contribution in [0.15, 0.2) is 41.3 Å². The molecular weight excluding hydrogens is 500 g/mol. The fraction of sp³-hybridized carbons (Fsp3) is 0.440. The molecule has 3 aromatic rings. The van der Waals surface area contributed by atoms with Gasteiger partial charge < -0.3 is 19.3 Å². The van der Waals surface area contributed by atoms with Crippen LogP contribution >= 0.6 is 11.3 Å². The SMILES string of the molecule is CCCCN(C)S(=O)(=O)c1ccc(C(=O)N2CCN(c3nc4c(OC)c(OC)ccc4s3)CC2)cc1. The summed E-state index contributed by atoms with van der Waals surface area (Å²) in [6.45, 7) is 4.90. The molecule has 11 heteroatoms. The molecule has 0 saturated carbocycles. The number of anilines is 1. The van der Waals surface area contributed by atoms with Crippen LogP contribution in [0.4, 0.5) is 5.13 Å². The predicted octanol–water partition coefficient (Wildman–Crippen LogP) is 3.70. The minimum Gasteiger partial charge on any atom is -0.493 e. The molecule has 9 nitrogen and oxygen atoms in total. The number of benzene rings is 2. The first kappa shape index (κ1) is 26.2. The van der Waals surface area contributed by atoms with Crippen molar-refractivity contribution >= 4 is 42.6 Å². The van der Waals surface area contributed by atoms with Crippen LogP contribution < -0.4 is 14.4 Å². The predicted molar refractivity (Wildman–Crippen MR) is 142 cm³/mol. The summed E-state index contributed by atoms with van der Waals surface area (Å²) < 4.78 is 38.7. The Labute approximate surface area is 216 Å². The second-order valence-electron chi connectivity index (χ2n) is 8.63. The number of ether oxygens (including phenoxy) is 2. The van der Waals surface area contributed by atoms with Crippen LogP contribution in [0.3, 0.4) is 0 Å². The number of methoxy groups -OCH3 is 2. The maximum atomic E-state index is 13.1. The zero-order valence-corrected chi connectivity index (χ0v) is 22.7. The number of unbranched alkanes of at least 4 members (excludes halogenated alkanes) is 1. The van der Waals surface area contributed by atoms with Gasteiger partial charge in [-0.1, -0.05) is 24.7 Å². The van der Waals surface area contributed by atoms with E-state index in [1.807, 2.05) is 19.1 Å². The summed E-state index contributed by atoms with van der Waals surface area (Å²) >= 11 is 1.58. The molecule has 194 valence electrons. The van der Waals surface area contributed by atoms with Crippen molar-refractivity contribution in [2.24, 2.45) is 0 Å². The van der Waals surface area contributed by atoms with E-state index in [0.717, 1.165) is 28.2 Å². The fourth-order valence-electron chi connectivity index (χ4n) is 4.17. The van der Waals surface area contributed by atoms with E-state index in [1.54, 1.807) is 49.6 Å². The summed E-state index contributed by atoms with van der Waals surface area (Å²) in [5, 5.41) is 0.880. The molecule has 0 aliphatic carbocycles. The van der Waals surface area contributed by atoms with E-state index in [0.29, 0.717) is 49.8 Å².